The zero-order chi connectivity index (χ0) is 19.0. The lowest BCUT2D eigenvalue weighted by molar-refractivity contribution is -0.140. The molecule has 2 aromatic rings. The maximum absolute atomic E-state index is 14.0. The molecule has 2 bridgehead atoms. The number of morpholine rings is 1. The van der Waals surface area contributed by atoms with E-state index in [2.05, 4.69) is 17.0 Å². The van der Waals surface area contributed by atoms with Gasteiger partial charge in [-0.1, -0.05) is 42.5 Å². The van der Waals surface area contributed by atoms with Gasteiger partial charge in [-0.25, -0.2) is 4.39 Å². The lowest BCUT2D eigenvalue weighted by Crippen LogP contribution is -2.53. The average Bonchev–Trinajstić information content (AvgIpc) is 2.61. The van der Waals surface area contributed by atoms with Crippen LogP contribution in [0.2, 0.25) is 0 Å². The van der Waals surface area contributed by atoms with E-state index in [-0.39, 0.29) is 12.1 Å². The highest BCUT2D eigenvalue weighted by Crippen LogP contribution is 2.36. The Balaban J connectivity index is 1.60. The molecule has 2 aromatic carbocycles. The molecule has 2 aliphatic rings. The second-order valence-electron chi connectivity index (χ2n) is 7.00. The number of halogens is 4. The van der Waals surface area contributed by atoms with Crippen molar-refractivity contribution >= 4 is 5.57 Å². The molecule has 2 unspecified atom stereocenters. The SMILES string of the molecule is Fc1cc(C2=CC3COCC(C2)N3Cc2ccccc2)ccc1C(F)(F)F. The molecule has 4 rings (SSSR count). The molecular formula is C21H19F4NO. The smallest absolute Gasteiger partial charge is 0.378 e. The number of hydrogen-bond donors (Lipinski definition) is 0. The first-order valence-electron chi connectivity index (χ1n) is 8.87. The van der Waals surface area contributed by atoms with Crippen LogP contribution in [-0.4, -0.2) is 30.2 Å². The van der Waals surface area contributed by atoms with Crippen molar-refractivity contribution in [2.75, 3.05) is 13.2 Å². The van der Waals surface area contributed by atoms with Gasteiger partial charge in [-0.15, -0.1) is 0 Å². The molecule has 1 fully saturated rings. The van der Waals surface area contributed by atoms with Gasteiger partial charge in [0.05, 0.1) is 24.8 Å². The molecule has 6 heteroatoms. The van der Waals surface area contributed by atoms with E-state index < -0.39 is 17.6 Å². The molecule has 1 saturated heterocycles. The standard InChI is InChI=1S/C21H19F4NO/c22-20-10-15(6-7-19(20)21(23,24)25)16-8-17-12-27-13-18(9-16)26(17)11-14-4-2-1-3-5-14/h1-8,10,17-18H,9,11-13H2. The monoisotopic (exact) mass is 377 g/mol. The molecule has 0 aromatic heterocycles. The van der Waals surface area contributed by atoms with Gasteiger partial charge in [-0.2, -0.15) is 13.2 Å². The van der Waals surface area contributed by atoms with Crippen molar-refractivity contribution in [3.05, 3.63) is 77.1 Å². The fourth-order valence-electron chi connectivity index (χ4n) is 3.86. The molecule has 0 spiro atoms. The van der Waals surface area contributed by atoms with Crippen molar-refractivity contribution in [2.45, 2.75) is 31.2 Å². The summed E-state index contributed by atoms with van der Waals surface area (Å²) in [7, 11) is 0. The first-order chi connectivity index (χ1) is 12.9. The third-order valence-electron chi connectivity index (χ3n) is 5.20. The van der Waals surface area contributed by atoms with Gasteiger partial charge in [0, 0.05) is 12.6 Å². The van der Waals surface area contributed by atoms with Crippen molar-refractivity contribution in [3.8, 4) is 0 Å². The van der Waals surface area contributed by atoms with Crippen LogP contribution < -0.4 is 0 Å². The summed E-state index contributed by atoms with van der Waals surface area (Å²) in [6.07, 6.45) is -2.06. The van der Waals surface area contributed by atoms with Gasteiger partial charge in [-0.05, 0) is 35.3 Å². The van der Waals surface area contributed by atoms with Crippen LogP contribution in [0, 0.1) is 5.82 Å². The van der Waals surface area contributed by atoms with Crippen LogP contribution in [0.1, 0.15) is 23.1 Å². The predicted octanol–water partition coefficient (Wildman–Crippen LogP) is 4.90. The summed E-state index contributed by atoms with van der Waals surface area (Å²) < 4.78 is 58.0. The first-order valence-corrected chi connectivity index (χ1v) is 8.87. The average molecular weight is 377 g/mol. The first kappa shape index (κ1) is 18.2. The second-order valence-corrected chi connectivity index (χ2v) is 7.00. The molecule has 2 aliphatic heterocycles. The minimum Gasteiger partial charge on any atom is -0.378 e. The largest absolute Gasteiger partial charge is 0.419 e. The Labute approximate surface area is 155 Å². The summed E-state index contributed by atoms with van der Waals surface area (Å²) in [4.78, 5) is 2.35. The van der Waals surface area contributed by atoms with Crippen molar-refractivity contribution < 1.29 is 22.3 Å². The molecule has 142 valence electrons. The molecule has 0 aliphatic carbocycles. The third-order valence-corrected chi connectivity index (χ3v) is 5.20. The number of nitrogens with zero attached hydrogens (tertiary/aromatic N) is 1. The van der Waals surface area contributed by atoms with Gasteiger partial charge in [0.15, 0.2) is 0 Å². The van der Waals surface area contributed by atoms with Crippen molar-refractivity contribution in [2.24, 2.45) is 0 Å². The molecule has 2 nitrogen and oxygen atoms in total. The summed E-state index contributed by atoms with van der Waals surface area (Å²) in [6, 6.07) is 13.4. The lowest BCUT2D eigenvalue weighted by Gasteiger charge is -2.45. The van der Waals surface area contributed by atoms with Crippen molar-refractivity contribution in [1.29, 1.82) is 0 Å². The van der Waals surface area contributed by atoms with E-state index in [1.54, 1.807) is 0 Å². The van der Waals surface area contributed by atoms with E-state index in [9.17, 15) is 17.6 Å². The van der Waals surface area contributed by atoms with Gasteiger partial charge in [0.1, 0.15) is 5.82 Å². The van der Waals surface area contributed by atoms with Crippen LogP contribution >= 0.6 is 0 Å². The molecule has 0 N–H and O–H groups in total. The lowest BCUT2D eigenvalue weighted by atomic mass is 9.89. The highest BCUT2D eigenvalue weighted by atomic mass is 19.4. The number of ether oxygens (including phenoxy) is 1. The Hall–Kier alpha value is -2.18. The Morgan fingerprint density at radius 2 is 1.81 bits per heavy atom. The van der Waals surface area contributed by atoms with E-state index in [0.717, 1.165) is 24.3 Å². The highest BCUT2D eigenvalue weighted by molar-refractivity contribution is 5.68. The van der Waals surface area contributed by atoms with E-state index in [4.69, 9.17) is 4.74 Å². The Kier molecular flexibility index (Phi) is 4.78. The summed E-state index contributed by atoms with van der Waals surface area (Å²) in [5.74, 6) is -1.23. The van der Waals surface area contributed by atoms with Crippen LogP contribution in [0.15, 0.2) is 54.6 Å². The summed E-state index contributed by atoms with van der Waals surface area (Å²) in [5.41, 5.74) is 1.37. The zero-order valence-electron chi connectivity index (χ0n) is 14.5. The van der Waals surface area contributed by atoms with E-state index in [0.29, 0.717) is 25.2 Å². The molecular weight excluding hydrogens is 358 g/mol. The van der Waals surface area contributed by atoms with Crippen LogP contribution in [0.3, 0.4) is 0 Å². The maximum Gasteiger partial charge on any atom is 0.419 e. The number of rotatable bonds is 3. The number of fused-ring (bicyclic) bond motifs is 2. The van der Waals surface area contributed by atoms with Gasteiger partial charge in [0.2, 0.25) is 0 Å². The Morgan fingerprint density at radius 1 is 1.04 bits per heavy atom. The fraction of sp³-hybridized carbons (Fsp3) is 0.333. The zero-order valence-corrected chi connectivity index (χ0v) is 14.5. The molecule has 0 amide bonds. The van der Waals surface area contributed by atoms with Crippen LogP contribution in [0.4, 0.5) is 17.6 Å². The quantitative estimate of drug-likeness (QED) is 0.706. The fourth-order valence-corrected chi connectivity index (χ4v) is 3.86. The van der Waals surface area contributed by atoms with Gasteiger partial charge >= 0.3 is 6.18 Å². The van der Waals surface area contributed by atoms with Crippen LogP contribution in [-0.2, 0) is 17.5 Å². The minimum atomic E-state index is -4.68. The van der Waals surface area contributed by atoms with Crippen LogP contribution in [0.25, 0.3) is 5.57 Å². The molecule has 0 saturated carbocycles. The molecule has 2 atom stereocenters. The topological polar surface area (TPSA) is 12.5 Å². The summed E-state index contributed by atoms with van der Waals surface area (Å²) in [5, 5.41) is 0. The molecule has 0 radical (unpaired) electrons. The van der Waals surface area contributed by atoms with E-state index in [1.165, 1.54) is 11.6 Å². The highest BCUT2D eigenvalue weighted by Gasteiger charge is 2.36. The van der Waals surface area contributed by atoms with Gasteiger partial charge in [0.25, 0.3) is 0 Å². The molecule has 27 heavy (non-hydrogen) atoms. The number of alkyl halides is 3. The third kappa shape index (κ3) is 3.77. The van der Waals surface area contributed by atoms with E-state index in [1.807, 2.05) is 24.3 Å². The normalized spacial score (nSPS) is 23.2. The molecule has 2 heterocycles. The number of hydrogen-bond acceptors (Lipinski definition) is 2. The van der Waals surface area contributed by atoms with Crippen molar-refractivity contribution in [3.63, 3.8) is 0 Å². The van der Waals surface area contributed by atoms with Gasteiger partial charge < -0.3 is 4.74 Å². The predicted molar refractivity (Wildman–Crippen MR) is 94.4 cm³/mol. The van der Waals surface area contributed by atoms with Crippen molar-refractivity contribution in [1.82, 2.24) is 4.90 Å². The number of benzene rings is 2. The van der Waals surface area contributed by atoms with Gasteiger partial charge in [-0.3, -0.25) is 4.90 Å². The second kappa shape index (κ2) is 7.09. The summed E-state index contributed by atoms with van der Waals surface area (Å²) in [6.45, 7) is 1.87. The van der Waals surface area contributed by atoms with E-state index >= 15 is 0 Å². The summed E-state index contributed by atoms with van der Waals surface area (Å²) >= 11 is 0. The Bertz CT molecular complexity index is 847. The van der Waals surface area contributed by atoms with Crippen LogP contribution in [0.5, 0.6) is 0 Å². The minimum absolute atomic E-state index is 0.0260. The maximum atomic E-state index is 14.0. The Morgan fingerprint density at radius 3 is 2.48 bits per heavy atom.